The van der Waals surface area contributed by atoms with E-state index < -0.39 is 0 Å². The molecule has 106 valence electrons. The molecule has 1 heterocycles. The minimum absolute atomic E-state index is 0.464. The molecule has 6 nitrogen and oxygen atoms in total. The second kappa shape index (κ2) is 5.41. The number of nitrogens with two attached hydrogens (primary N) is 2. The minimum Gasteiger partial charge on any atom is -0.399 e. The van der Waals surface area contributed by atoms with Crippen molar-refractivity contribution in [3.8, 4) is 11.4 Å². The van der Waals surface area contributed by atoms with Crippen molar-refractivity contribution in [2.45, 2.75) is 6.54 Å². The van der Waals surface area contributed by atoms with Gasteiger partial charge in [0.2, 0.25) is 0 Å². The molecule has 3 aromatic rings. The molecule has 0 radical (unpaired) electrons. The largest absolute Gasteiger partial charge is 0.399 e. The number of hydrogen-bond acceptors (Lipinski definition) is 5. The van der Waals surface area contributed by atoms with Gasteiger partial charge in [-0.2, -0.15) is 0 Å². The van der Waals surface area contributed by atoms with Crippen LogP contribution in [0.5, 0.6) is 0 Å². The first-order valence-corrected chi connectivity index (χ1v) is 6.68. The van der Waals surface area contributed by atoms with Gasteiger partial charge in [-0.05, 0) is 40.3 Å². The number of nitrogens with zero attached hydrogens (tertiary/aromatic N) is 4. The first kappa shape index (κ1) is 13.4. The van der Waals surface area contributed by atoms with Crippen LogP contribution in [0.2, 0.25) is 5.02 Å². The SMILES string of the molecule is Nc1ccc(-c2nnnn2Cc2ccccc2Cl)c(N)c1. The van der Waals surface area contributed by atoms with Gasteiger partial charge in [0.1, 0.15) is 0 Å². The van der Waals surface area contributed by atoms with Crippen LogP contribution < -0.4 is 11.5 Å². The lowest BCUT2D eigenvalue weighted by Crippen LogP contribution is -2.06. The summed E-state index contributed by atoms with van der Waals surface area (Å²) >= 11 is 6.17. The van der Waals surface area contributed by atoms with E-state index >= 15 is 0 Å². The van der Waals surface area contributed by atoms with Crippen LogP contribution >= 0.6 is 11.6 Å². The number of tetrazole rings is 1. The normalized spacial score (nSPS) is 10.7. The Labute approximate surface area is 126 Å². The Hall–Kier alpha value is -2.60. The second-order valence-electron chi connectivity index (χ2n) is 4.60. The molecule has 0 bridgehead atoms. The third-order valence-corrected chi connectivity index (χ3v) is 3.50. The number of rotatable bonds is 3. The van der Waals surface area contributed by atoms with Gasteiger partial charge in [-0.1, -0.05) is 29.8 Å². The van der Waals surface area contributed by atoms with Crippen LogP contribution in [0.4, 0.5) is 11.4 Å². The van der Waals surface area contributed by atoms with Crippen molar-refractivity contribution in [3.05, 3.63) is 53.1 Å². The quantitative estimate of drug-likeness (QED) is 0.723. The van der Waals surface area contributed by atoms with Crippen molar-refractivity contribution in [2.24, 2.45) is 0 Å². The Balaban J connectivity index is 2.00. The molecule has 0 unspecified atom stereocenters. The molecule has 0 aliphatic heterocycles. The van der Waals surface area contributed by atoms with Crippen LogP contribution in [-0.4, -0.2) is 20.2 Å². The first-order valence-electron chi connectivity index (χ1n) is 6.30. The topological polar surface area (TPSA) is 95.6 Å². The lowest BCUT2D eigenvalue weighted by Gasteiger charge is -2.08. The summed E-state index contributed by atoms with van der Waals surface area (Å²) in [6.45, 7) is 0.464. The van der Waals surface area contributed by atoms with Crippen molar-refractivity contribution >= 4 is 23.0 Å². The molecule has 0 amide bonds. The molecule has 0 fully saturated rings. The number of anilines is 2. The number of nitrogen functional groups attached to an aromatic ring is 2. The first-order chi connectivity index (χ1) is 10.1. The Bertz CT molecular complexity index is 783. The molecule has 0 aliphatic carbocycles. The van der Waals surface area contributed by atoms with Crippen LogP contribution in [0, 0.1) is 0 Å². The van der Waals surface area contributed by atoms with E-state index in [0.717, 1.165) is 11.1 Å². The second-order valence-corrected chi connectivity index (χ2v) is 5.01. The summed E-state index contributed by atoms with van der Waals surface area (Å²) in [6, 6.07) is 12.8. The summed E-state index contributed by atoms with van der Waals surface area (Å²) in [6.07, 6.45) is 0. The highest BCUT2D eigenvalue weighted by atomic mass is 35.5. The summed E-state index contributed by atoms with van der Waals surface area (Å²) < 4.78 is 1.66. The van der Waals surface area contributed by atoms with Crippen molar-refractivity contribution in [3.63, 3.8) is 0 Å². The fourth-order valence-electron chi connectivity index (χ4n) is 2.08. The molecule has 0 saturated carbocycles. The van der Waals surface area contributed by atoms with Crippen molar-refractivity contribution < 1.29 is 0 Å². The van der Waals surface area contributed by atoms with Crippen LogP contribution in [0.3, 0.4) is 0 Å². The van der Waals surface area contributed by atoms with E-state index in [2.05, 4.69) is 15.5 Å². The predicted molar refractivity (Wildman–Crippen MR) is 82.6 cm³/mol. The van der Waals surface area contributed by atoms with Gasteiger partial charge in [0.05, 0.1) is 6.54 Å². The zero-order valence-electron chi connectivity index (χ0n) is 11.1. The fourth-order valence-corrected chi connectivity index (χ4v) is 2.27. The van der Waals surface area contributed by atoms with Gasteiger partial charge in [-0.25, -0.2) is 4.68 Å². The standard InChI is InChI=1S/C14H13ClN6/c15-12-4-2-1-3-9(12)8-21-14(18-19-20-21)11-6-5-10(16)7-13(11)17/h1-7H,8,16-17H2. The zero-order valence-corrected chi connectivity index (χ0v) is 11.8. The molecule has 0 saturated heterocycles. The molecule has 2 aromatic carbocycles. The van der Waals surface area contributed by atoms with E-state index in [-0.39, 0.29) is 0 Å². The lowest BCUT2D eigenvalue weighted by atomic mass is 10.1. The Morgan fingerprint density at radius 2 is 1.90 bits per heavy atom. The average Bonchev–Trinajstić information content (AvgIpc) is 2.89. The molecule has 0 aliphatic rings. The maximum Gasteiger partial charge on any atom is 0.184 e. The summed E-state index contributed by atoms with van der Waals surface area (Å²) in [5.41, 5.74) is 14.5. The number of halogens is 1. The van der Waals surface area contributed by atoms with Gasteiger partial charge in [0, 0.05) is 22.0 Å². The van der Waals surface area contributed by atoms with E-state index in [4.69, 9.17) is 23.1 Å². The Kier molecular flexibility index (Phi) is 3.45. The molecule has 3 rings (SSSR count). The minimum atomic E-state index is 0.464. The monoisotopic (exact) mass is 300 g/mol. The molecule has 7 heteroatoms. The number of aromatic nitrogens is 4. The Morgan fingerprint density at radius 3 is 2.67 bits per heavy atom. The van der Waals surface area contributed by atoms with Gasteiger partial charge in [-0.3, -0.25) is 0 Å². The summed E-state index contributed by atoms with van der Waals surface area (Å²) in [7, 11) is 0. The van der Waals surface area contributed by atoms with Gasteiger partial charge in [-0.15, -0.1) is 5.10 Å². The van der Waals surface area contributed by atoms with Crippen LogP contribution in [0.15, 0.2) is 42.5 Å². The van der Waals surface area contributed by atoms with Crippen LogP contribution in [-0.2, 0) is 6.54 Å². The number of hydrogen-bond donors (Lipinski definition) is 2. The molecule has 0 spiro atoms. The number of benzene rings is 2. The van der Waals surface area contributed by atoms with E-state index in [9.17, 15) is 0 Å². The third kappa shape index (κ3) is 2.66. The van der Waals surface area contributed by atoms with Crippen LogP contribution in [0.1, 0.15) is 5.56 Å². The summed E-state index contributed by atoms with van der Waals surface area (Å²) in [4.78, 5) is 0. The third-order valence-electron chi connectivity index (χ3n) is 3.13. The Morgan fingerprint density at radius 1 is 1.10 bits per heavy atom. The fraction of sp³-hybridized carbons (Fsp3) is 0.0714. The highest BCUT2D eigenvalue weighted by molar-refractivity contribution is 6.31. The zero-order chi connectivity index (χ0) is 14.8. The van der Waals surface area contributed by atoms with Crippen molar-refractivity contribution in [1.82, 2.24) is 20.2 Å². The van der Waals surface area contributed by atoms with Crippen molar-refractivity contribution in [2.75, 3.05) is 11.5 Å². The van der Waals surface area contributed by atoms with Gasteiger partial charge in [0.15, 0.2) is 5.82 Å². The van der Waals surface area contributed by atoms with Crippen LogP contribution in [0.25, 0.3) is 11.4 Å². The molecular formula is C14H13ClN6. The maximum atomic E-state index is 6.17. The average molecular weight is 301 g/mol. The van der Waals surface area contributed by atoms with Gasteiger partial charge >= 0.3 is 0 Å². The van der Waals surface area contributed by atoms with Crippen molar-refractivity contribution in [1.29, 1.82) is 0 Å². The lowest BCUT2D eigenvalue weighted by molar-refractivity contribution is 0.653. The molecular weight excluding hydrogens is 288 g/mol. The van der Waals surface area contributed by atoms with Gasteiger partial charge in [0.25, 0.3) is 0 Å². The molecule has 21 heavy (non-hydrogen) atoms. The smallest absolute Gasteiger partial charge is 0.184 e. The highest BCUT2D eigenvalue weighted by Gasteiger charge is 2.13. The van der Waals surface area contributed by atoms with E-state index in [1.165, 1.54) is 0 Å². The summed E-state index contributed by atoms with van der Waals surface area (Å²) in [5, 5.41) is 12.4. The summed E-state index contributed by atoms with van der Waals surface area (Å²) in [5.74, 6) is 0.576. The molecule has 0 atom stereocenters. The van der Waals surface area contributed by atoms with Gasteiger partial charge < -0.3 is 11.5 Å². The van der Waals surface area contributed by atoms with E-state index in [1.54, 1.807) is 22.9 Å². The maximum absolute atomic E-state index is 6.17. The highest BCUT2D eigenvalue weighted by Crippen LogP contribution is 2.26. The predicted octanol–water partition coefficient (Wildman–Crippen LogP) is 2.21. The van der Waals surface area contributed by atoms with E-state index in [0.29, 0.717) is 28.8 Å². The van der Waals surface area contributed by atoms with E-state index in [1.807, 2.05) is 24.3 Å². The molecule has 1 aromatic heterocycles. The molecule has 4 N–H and O–H groups in total.